The molecule has 1 heterocycles. The molecular weight excluding hydrogens is 316 g/mol. The molecule has 128 valence electrons. The number of carbonyl (C=O) groups is 1. The lowest BCUT2D eigenvalue weighted by Crippen LogP contribution is -2.43. The van der Waals surface area contributed by atoms with Gasteiger partial charge in [0.15, 0.2) is 0 Å². The lowest BCUT2D eigenvalue weighted by molar-refractivity contribution is -0.384. The molecular formula is C15H18N4O5. The summed E-state index contributed by atoms with van der Waals surface area (Å²) in [6.07, 6.45) is 0.371. The normalized spacial score (nSPS) is 13.3. The van der Waals surface area contributed by atoms with E-state index < -0.39 is 29.6 Å². The van der Waals surface area contributed by atoms with Crippen LogP contribution in [0.2, 0.25) is 0 Å². The van der Waals surface area contributed by atoms with Gasteiger partial charge in [-0.15, -0.1) is 0 Å². The molecule has 9 heteroatoms. The summed E-state index contributed by atoms with van der Waals surface area (Å²) in [4.78, 5) is 22.1. The topological polar surface area (TPSA) is 131 Å². The fourth-order valence-corrected chi connectivity index (χ4v) is 2.20. The van der Waals surface area contributed by atoms with Crippen LogP contribution < -0.4 is 5.32 Å². The van der Waals surface area contributed by atoms with E-state index >= 15 is 0 Å². The van der Waals surface area contributed by atoms with E-state index in [0.29, 0.717) is 5.56 Å². The lowest BCUT2D eigenvalue weighted by atomic mass is 10.0. The highest BCUT2D eigenvalue weighted by Gasteiger charge is 2.23. The first-order valence-electron chi connectivity index (χ1n) is 7.23. The molecule has 1 aromatic carbocycles. The average Bonchev–Trinajstić information content (AvgIpc) is 2.97. The Morgan fingerprint density at radius 3 is 2.54 bits per heavy atom. The van der Waals surface area contributed by atoms with Gasteiger partial charge in [0, 0.05) is 24.0 Å². The summed E-state index contributed by atoms with van der Waals surface area (Å²) in [7, 11) is 0. The largest absolute Gasteiger partial charge is 0.394 e. The van der Waals surface area contributed by atoms with Crippen LogP contribution in [-0.4, -0.2) is 43.5 Å². The van der Waals surface area contributed by atoms with Gasteiger partial charge in [-0.05, 0) is 30.7 Å². The molecule has 0 saturated heterocycles. The third-order valence-corrected chi connectivity index (χ3v) is 3.59. The molecule has 24 heavy (non-hydrogen) atoms. The third-order valence-electron chi connectivity index (χ3n) is 3.59. The Labute approximate surface area is 137 Å². The molecule has 0 aliphatic carbocycles. The molecule has 0 fully saturated rings. The van der Waals surface area contributed by atoms with Gasteiger partial charge in [-0.25, -0.2) is 0 Å². The fourth-order valence-electron chi connectivity index (χ4n) is 2.20. The Hall–Kier alpha value is -2.78. The predicted octanol–water partition coefficient (Wildman–Crippen LogP) is 0.310. The van der Waals surface area contributed by atoms with Gasteiger partial charge in [-0.3, -0.25) is 19.6 Å². The second-order valence-corrected chi connectivity index (χ2v) is 5.28. The Morgan fingerprint density at radius 2 is 2.04 bits per heavy atom. The lowest BCUT2D eigenvalue weighted by Gasteiger charge is -2.22. The number of rotatable bonds is 7. The summed E-state index contributed by atoms with van der Waals surface area (Å²) in [5.41, 5.74) is 1.06. The number of nitrogens with one attached hydrogen (secondary N) is 1. The maximum Gasteiger partial charge on any atom is 0.269 e. The molecule has 0 aliphatic heterocycles. The number of nitro benzene ring substituents is 1. The molecule has 0 spiro atoms. The number of aromatic nitrogens is 2. The molecule has 0 saturated carbocycles. The molecule has 9 nitrogen and oxygen atoms in total. The second kappa shape index (κ2) is 7.66. The number of aliphatic hydroxyl groups is 2. The molecule has 2 rings (SSSR count). The molecule has 2 atom stereocenters. The SMILES string of the molecule is Cc1ccnn1CC(=O)NC(CO)C(O)c1ccc([N+](=O)[O-])cc1. The summed E-state index contributed by atoms with van der Waals surface area (Å²) < 4.78 is 1.49. The van der Waals surface area contributed by atoms with E-state index in [-0.39, 0.29) is 12.2 Å². The second-order valence-electron chi connectivity index (χ2n) is 5.28. The van der Waals surface area contributed by atoms with E-state index in [1.165, 1.54) is 28.9 Å². The Morgan fingerprint density at radius 1 is 1.38 bits per heavy atom. The Balaban J connectivity index is 2.02. The maximum absolute atomic E-state index is 12.0. The number of nitrogens with zero attached hydrogens (tertiary/aromatic N) is 3. The van der Waals surface area contributed by atoms with Crippen LogP contribution in [0.5, 0.6) is 0 Å². The van der Waals surface area contributed by atoms with Crippen molar-refractivity contribution in [2.45, 2.75) is 25.6 Å². The highest BCUT2D eigenvalue weighted by Crippen LogP contribution is 2.20. The number of amides is 1. The summed E-state index contributed by atoms with van der Waals surface area (Å²) in [6.45, 7) is 1.28. The van der Waals surface area contributed by atoms with Crippen LogP contribution in [-0.2, 0) is 11.3 Å². The van der Waals surface area contributed by atoms with Crippen LogP contribution in [0, 0.1) is 17.0 Å². The van der Waals surface area contributed by atoms with Crippen molar-refractivity contribution < 1.29 is 19.9 Å². The first kappa shape index (κ1) is 17.6. The highest BCUT2D eigenvalue weighted by atomic mass is 16.6. The van der Waals surface area contributed by atoms with E-state index in [9.17, 15) is 25.1 Å². The van der Waals surface area contributed by atoms with Gasteiger partial charge in [0.2, 0.25) is 5.91 Å². The first-order valence-corrected chi connectivity index (χ1v) is 7.23. The molecule has 0 aliphatic rings. The van der Waals surface area contributed by atoms with Crippen molar-refractivity contribution in [3.8, 4) is 0 Å². The van der Waals surface area contributed by atoms with Crippen molar-refractivity contribution in [1.29, 1.82) is 0 Å². The minimum atomic E-state index is -1.20. The third kappa shape index (κ3) is 4.15. The smallest absolute Gasteiger partial charge is 0.269 e. The molecule has 1 amide bonds. The van der Waals surface area contributed by atoms with Gasteiger partial charge in [0.05, 0.1) is 17.6 Å². The number of hydrogen-bond acceptors (Lipinski definition) is 6. The van der Waals surface area contributed by atoms with Crippen molar-refractivity contribution in [3.63, 3.8) is 0 Å². The monoisotopic (exact) mass is 334 g/mol. The molecule has 1 aromatic heterocycles. The van der Waals surface area contributed by atoms with Gasteiger partial charge in [-0.2, -0.15) is 5.10 Å². The van der Waals surface area contributed by atoms with E-state index in [1.54, 1.807) is 19.2 Å². The minimum absolute atomic E-state index is 0.0394. The number of carbonyl (C=O) groups excluding carboxylic acids is 1. The van der Waals surface area contributed by atoms with E-state index in [0.717, 1.165) is 5.69 Å². The van der Waals surface area contributed by atoms with Crippen molar-refractivity contribution in [2.24, 2.45) is 0 Å². The Bertz CT molecular complexity index is 713. The molecule has 0 bridgehead atoms. The molecule has 0 radical (unpaired) electrons. The number of benzene rings is 1. The van der Waals surface area contributed by atoms with E-state index in [2.05, 4.69) is 10.4 Å². The number of hydrogen-bond donors (Lipinski definition) is 3. The van der Waals surface area contributed by atoms with Crippen molar-refractivity contribution in [2.75, 3.05) is 6.61 Å². The summed E-state index contributed by atoms with van der Waals surface area (Å²) >= 11 is 0. The summed E-state index contributed by atoms with van der Waals surface area (Å²) in [5, 5.41) is 36.9. The van der Waals surface area contributed by atoms with E-state index in [1.807, 2.05) is 0 Å². The van der Waals surface area contributed by atoms with Crippen LogP contribution in [0.4, 0.5) is 5.69 Å². The zero-order valence-electron chi connectivity index (χ0n) is 13.0. The van der Waals surface area contributed by atoms with Crippen LogP contribution in [0.1, 0.15) is 17.4 Å². The number of aliphatic hydroxyl groups excluding tert-OH is 2. The van der Waals surface area contributed by atoms with Gasteiger partial charge >= 0.3 is 0 Å². The fraction of sp³-hybridized carbons (Fsp3) is 0.333. The quantitative estimate of drug-likeness (QED) is 0.493. The zero-order valence-corrected chi connectivity index (χ0v) is 13.0. The predicted molar refractivity (Wildman–Crippen MR) is 84.0 cm³/mol. The van der Waals surface area contributed by atoms with Gasteiger partial charge in [0.25, 0.3) is 5.69 Å². The number of non-ortho nitro benzene ring substituents is 1. The Kier molecular flexibility index (Phi) is 5.61. The average molecular weight is 334 g/mol. The molecule has 3 N–H and O–H groups in total. The molecule has 2 aromatic rings. The standard InChI is InChI=1S/C15H18N4O5/c1-10-6-7-16-18(10)8-14(21)17-13(9-20)15(22)11-2-4-12(5-3-11)19(23)24/h2-7,13,15,20,22H,8-9H2,1H3,(H,17,21). The molecule has 2 unspecified atom stereocenters. The highest BCUT2D eigenvalue weighted by molar-refractivity contribution is 5.76. The van der Waals surface area contributed by atoms with Gasteiger partial charge < -0.3 is 15.5 Å². The van der Waals surface area contributed by atoms with Crippen LogP contribution in [0.15, 0.2) is 36.5 Å². The van der Waals surface area contributed by atoms with Crippen LogP contribution >= 0.6 is 0 Å². The van der Waals surface area contributed by atoms with Crippen molar-refractivity contribution in [3.05, 3.63) is 57.9 Å². The van der Waals surface area contributed by atoms with E-state index in [4.69, 9.17) is 0 Å². The zero-order chi connectivity index (χ0) is 17.7. The number of aryl methyl sites for hydroxylation is 1. The van der Waals surface area contributed by atoms with Gasteiger partial charge in [0.1, 0.15) is 12.6 Å². The van der Waals surface area contributed by atoms with Crippen molar-refractivity contribution >= 4 is 11.6 Å². The van der Waals surface area contributed by atoms with Gasteiger partial charge in [-0.1, -0.05) is 0 Å². The number of nitro groups is 1. The summed E-state index contributed by atoms with van der Waals surface area (Å²) in [6, 6.07) is 6.09. The van der Waals surface area contributed by atoms with Crippen molar-refractivity contribution in [1.82, 2.24) is 15.1 Å². The first-order chi connectivity index (χ1) is 11.4. The van der Waals surface area contributed by atoms with Crippen LogP contribution in [0.3, 0.4) is 0 Å². The summed E-state index contributed by atoms with van der Waals surface area (Å²) in [5.74, 6) is -0.415. The van der Waals surface area contributed by atoms with Crippen LogP contribution in [0.25, 0.3) is 0 Å². The maximum atomic E-state index is 12.0. The minimum Gasteiger partial charge on any atom is -0.394 e.